The number of benzene rings is 1. The van der Waals surface area contributed by atoms with E-state index < -0.39 is 0 Å². The Labute approximate surface area is 82.5 Å². The molecule has 0 aromatic heterocycles. The van der Waals surface area contributed by atoms with E-state index in [1.807, 2.05) is 19.1 Å². The lowest BCUT2D eigenvalue weighted by atomic mass is 10.1. The first-order chi connectivity index (χ1) is 5.65. The second-order valence-corrected chi connectivity index (χ2v) is 3.50. The van der Waals surface area contributed by atoms with Gasteiger partial charge in [0.1, 0.15) is 0 Å². The highest BCUT2D eigenvalue weighted by Gasteiger charge is 2.04. The van der Waals surface area contributed by atoms with Gasteiger partial charge in [-0.3, -0.25) is 0 Å². The maximum absolute atomic E-state index is 5.83. The molecule has 0 aliphatic rings. The van der Waals surface area contributed by atoms with Gasteiger partial charge in [-0.2, -0.15) is 0 Å². The molecule has 0 aliphatic carbocycles. The molecule has 0 aliphatic heterocycles. The summed E-state index contributed by atoms with van der Waals surface area (Å²) >= 11 is 11.6. The van der Waals surface area contributed by atoms with Crippen LogP contribution in [-0.2, 0) is 0 Å². The quantitative estimate of drug-likeness (QED) is 0.784. The van der Waals surface area contributed by atoms with Crippen molar-refractivity contribution in [2.24, 2.45) is 5.73 Å². The minimum atomic E-state index is 0.0553. The summed E-state index contributed by atoms with van der Waals surface area (Å²) in [5.41, 5.74) is 6.85. The van der Waals surface area contributed by atoms with Gasteiger partial charge in [-0.25, -0.2) is 0 Å². The van der Waals surface area contributed by atoms with Crippen LogP contribution in [0.4, 0.5) is 0 Å². The summed E-state index contributed by atoms with van der Waals surface area (Å²) in [5, 5.41) is 1.14. The van der Waals surface area contributed by atoms with Crippen LogP contribution in [0.2, 0.25) is 10.0 Å². The third-order valence-electron chi connectivity index (χ3n) is 1.81. The summed E-state index contributed by atoms with van der Waals surface area (Å²) in [6, 6.07) is 5.55. The van der Waals surface area contributed by atoms with Gasteiger partial charge in [0.05, 0.1) is 10.0 Å². The lowest BCUT2D eigenvalue weighted by Gasteiger charge is -2.09. The van der Waals surface area contributed by atoms with Crippen LogP contribution in [0, 0.1) is 0 Å². The van der Waals surface area contributed by atoms with Gasteiger partial charge in [-0.15, -0.1) is 0 Å². The number of hydrogen-bond donors (Lipinski definition) is 1. The van der Waals surface area contributed by atoms with Gasteiger partial charge in [0, 0.05) is 6.04 Å². The van der Waals surface area contributed by atoms with Crippen LogP contribution in [-0.4, -0.2) is 0 Å². The van der Waals surface area contributed by atoms with Crippen LogP contribution in [0.1, 0.15) is 24.9 Å². The zero-order valence-electron chi connectivity index (χ0n) is 6.85. The predicted molar refractivity (Wildman–Crippen MR) is 53.7 cm³/mol. The second kappa shape index (κ2) is 4.13. The first kappa shape index (κ1) is 9.85. The topological polar surface area (TPSA) is 26.0 Å². The van der Waals surface area contributed by atoms with E-state index in [9.17, 15) is 0 Å². The maximum atomic E-state index is 5.83. The molecule has 66 valence electrons. The molecule has 12 heavy (non-hydrogen) atoms. The summed E-state index contributed by atoms with van der Waals surface area (Å²) < 4.78 is 0. The molecule has 0 heterocycles. The Kier molecular flexibility index (Phi) is 3.39. The molecule has 0 fully saturated rings. The van der Waals surface area contributed by atoms with Crippen molar-refractivity contribution in [2.45, 2.75) is 19.4 Å². The Morgan fingerprint density at radius 1 is 1.33 bits per heavy atom. The fourth-order valence-corrected chi connectivity index (χ4v) is 1.29. The molecule has 0 saturated carbocycles. The second-order valence-electron chi connectivity index (χ2n) is 2.69. The zero-order chi connectivity index (χ0) is 9.14. The Bertz CT molecular complexity index is 273. The van der Waals surface area contributed by atoms with Crippen molar-refractivity contribution in [3.05, 3.63) is 33.8 Å². The van der Waals surface area contributed by atoms with E-state index in [0.29, 0.717) is 10.0 Å². The van der Waals surface area contributed by atoms with Crippen molar-refractivity contribution in [3.63, 3.8) is 0 Å². The lowest BCUT2D eigenvalue weighted by Crippen LogP contribution is -2.08. The van der Waals surface area contributed by atoms with Gasteiger partial charge < -0.3 is 5.73 Å². The first-order valence-corrected chi connectivity index (χ1v) is 4.61. The Balaban J connectivity index is 2.96. The van der Waals surface area contributed by atoms with Crippen molar-refractivity contribution in [1.29, 1.82) is 0 Å². The normalized spacial score (nSPS) is 13.0. The molecule has 0 unspecified atom stereocenters. The molecule has 1 aromatic carbocycles. The summed E-state index contributed by atoms with van der Waals surface area (Å²) in [5.74, 6) is 0. The zero-order valence-corrected chi connectivity index (χ0v) is 8.36. The van der Waals surface area contributed by atoms with Gasteiger partial charge in [0.25, 0.3) is 0 Å². The molecule has 3 heteroatoms. The van der Waals surface area contributed by atoms with E-state index >= 15 is 0 Å². The van der Waals surface area contributed by atoms with Crippen LogP contribution >= 0.6 is 23.2 Å². The lowest BCUT2D eigenvalue weighted by molar-refractivity contribution is 0.699. The molecule has 0 saturated heterocycles. The fraction of sp³-hybridized carbons (Fsp3) is 0.333. The van der Waals surface area contributed by atoms with Crippen molar-refractivity contribution in [1.82, 2.24) is 0 Å². The van der Waals surface area contributed by atoms with Crippen LogP contribution in [0.15, 0.2) is 18.2 Å². The van der Waals surface area contributed by atoms with Crippen molar-refractivity contribution >= 4 is 23.2 Å². The van der Waals surface area contributed by atoms with E-state index in [1.54, 1.807) is 6.07 Å². The average molecular weight is 204 g/mol. The molecule has 2 N–H and O–H groups in total. The molecule has 0 bridgehead atoms. The third kappa shape index (κ3) is 2.13. The van der Waals surface area contributed by atoms with E-state index in [1.165, 1.54) is 0 Å². The molecule has 1 rings (SSSR count). The van der Waals surface area contributed by atoms with E-state index in [0.717, 1.165) is 12.0 Å². The van der Waals surface area contributed by atoms with Crippen LogP contribution < -0.4 is 5.73 Å². The average Bonchev–Trinajstić information content (AvgIpc) is 2.08. The van der Waals surface area contributed by atoms with Crippen molar-refractivity contribution < 1.29 is 0 Å². The molecule has 1 nitrogen and oxygen atoms in total. The summed E-state index contributed by atoms with van der Waals surface area (Å²) in [6.45, 7) is 2.03. The first-order valence-electron chi connectivity index (χ1n) is 3.85. The highest BCUT2D eigenvalue weighted by molar-refractivity contribution is 6.42. The Morgan fingerprint density at radius 2 is 2.00 bits per heavy atom. The Morgan fingerprint density at radius 3 is 2.50 bits per heavy atom. The van der Waals surface area contributed by atoms with E-state index in [2.05, 4.69) is 0 Å². The SMILES string of the molecule is CC[C@@H](N)c1ccc(Cl)c(Cl)c1. The molecule has 1 atom stereocenters. The number of hydrogen-bond acceptors (Lipinski definition) is 1. The van der Waals surface area contributed by atoms with E-state index in [4.69, 9.17) is 28.9 Å². The van der Waals surface area contributed by atoms with Gasteiger partial charge in [0.2, 0.25) is 0 Å². The largest absolute Gasteiger partial charge is 0.324 e. The minimum absolute atomic E-state index is 0.0553. The van der Waals surface area contributed by atoms with Crippen molar-refractivity contribution in [2.75, 3.05) is 0 Å². The summed E-state index contributed by atoms with van der Waals surface area (Å²) in [7, 11) is 0. The van der Waals surface area contributed by atoms with Gasteiger partial charge >= 0.3 is 0 Å². The van der Waals surface area contributed by atoms with Crippen LogP contribution in [0.25, 0.3) is 0 Å². The van der Waals surface area contributed by atoms with Gasteiger partial charge in [-0.05, 0) is 24.1 Å². The smallest absolute Gasteiger partial charge is 0.0595 e. The number of nitrogens with two attached hydrogens (primary N) is 1. The van der Waals surface area contributed by atoms with Crippen LogP contribution in [0.3, 0.4) is 0 Å². The Hall–Kier alpha value is -0.240. The van der Waals surface area contributed by atoms with Crippen molar-refractivity contribution in [3.8, 4) is 0 Å². The van der Waals surface area contributed by atoms with E-state index in [-0.39, 0.29) is 6.04 Å². The standard InChI is InChI=1S/C9H11Cl2N/c1-2-9(12)6-3-4-7(10)8(11)5-6/h3-5,9H,2,12H2,1H3/t9-/m1/s1. The predicted octanol–water partition coefficient (Wildman–Crippen LogP) is 3.40. The fourth-order valence-electron chi connectivity index (χ4n) is 0.979. The molecule has 0 amide bonds. The molecule has 1 aromatic rings. The maximum Gasteiger partial charge on any atom is 0.0595 e. The molecule has 0 radical (unpaired) electrons. The summed E-state index contributed by atoms with van der Waals surface area (Å²) in [4.78, 5) is 0. The molecule has 0 spiro atoms. The molecular weight excluding hydrogens is 193 g/mol. The third-order valence-corrected chi connectivity index (χ3v) is 2.55. The minimum Gasteiger partial charge on any atom is -0.324 e. The van der Waals surface area contributed by atoms with Gasteiger partial charge in [-0.1, -0.05) is 36.2 Å². The highest BCUT2D eigenvalue weighted by Crippen LogP contribution is 2.25. The number of rotatable bonds is 2. The van der Waals surface area contributed by atoms with Gasteiger partial charge in [0.15, 0.2) is 0 Å². The highest BCUT2D eigenvalue weighted by atomic mass is 35.5. The number of halogens is 2. The summed E-state index contributed by atoms with van der Waals surface area (Å²) in [6.07, 6.45) is 0.901. The molecular formula is C9H11Cl2N. The monoisotopic (exact) mass is 203 g/mol. The van der Waals surface area contributed by atoms with Crippen LogP contribution in [0.5, 0.6) is 0 Å².